The molecule has 1 heterocycles. The molecular weight excluding hydrogens is 332 g/mol. The predicted octanol–water partition coefficient (Wildman–Crippen LogP) is 2.62. The van der Waals surface area contributed by atoms with E-state index in [-0.39, 0.29) is 10.9 Å². The van der Waals surface area contributed by atoms with E-state index in [0.29, 0.717) is 4.88 Å². The number of thiophene rings is 1. The highest BCUT2D eigenvalue weighted by atomic mass is 32.1. The molecule has 0 aliphatic heterocycles. The Balaban J connectivity index is 1.86. The lowest BCUT2D eigenvalue weighted by atomic mass is 10.2. The van der Waals surface area contributed by atoms with Crippen molar-refractivity contribution in [2.75, 3.05) is 12.4 Å². The number of carbonyl (C=O) groups is 1. The number of rotatable bonds is 7. The molecule has 24 heavy (non-hydrogen) atoms. The van der Waals surface area contributed by atoms with Crippen LogP contribution in [0.5, 0.6) is 5.75 Å². The maximum absolute atomic E-state index is 12.0. The number of benzene rings is 1. The van der Waals surface area contributed by atoms with Gasteiger partial charge < -0.3 is 10.1 Å². The normalized spacial score (nSPS) is 11.9. The molecule has 0 bridgehead atoms. The summed E-state index contributed by atoms with van der Waals surface area (Å²) in [6.07, 6.45) is 1.37. The third kappa shape index (κ3) is 4.78. The number of ether oxygens (including phenoxy) is 1. The monoisotopic (exact) mass is 348 g/mol. The van der Waals surface area contributed by atoms with Crippen molar-refractivity contribution in [3.63, 3.8) is 0 Å². The molecule has 0 saturated carbocycles. The number of nitro groups is 1. The highest BCUT2D eigenvalue weighted by Crippen LogP contribution is 2.22. The van der Waals surface area contributed by atoms with Crippen LogP contribution in [0.3, 0.4) is 0 Å². The van der Waals surface area contributed by atoms with Gasteiger partial charge in [-0.25, -0.2) is 5.43 Å². The molecule has 1 aromatic carbocycles. The quantitative estimate of drug-likeness (QED) is 0.454. The van der Waals surface area contributed by atoms with Crippen molar-refractivity contribution in [3.05, 3.63) is 51.4 Å². The van der Waals surface area contributed by atoms with Crippen LogP contribution in [-0.2, 0) is 4.79 Å². The Kier molecular flexibility index (Phi) is 5.85. The molecule has 0 radical (unpaired) electrons. The van der Waals surface area contributed by atoms with Crippen molar-refractivity contribution in [1.82, 2.24) is 5.43 Å². The van der Waals surface area contributed by atoms with Gasteiger partial charge in [0.05, 0.1) is 23.1 Å². The Labute approximate surface area is 142 Å². The lowest BCUT2D eigenvalue weighted by Crippen LogP contribution is -2.34. The minimum Gasteiger partial charge on any atom is -0.497 e. The Morgan fingerprint density at radius 1 is 1.33 bits per heavy atom. The number of amides is 1. The van der Waals surface area contributed by atoms with Gasteiger partial charge in [-0.05, 0) is 37.3 Å². The lowest BCUT2D eigenvalue weighted by molar-refractivity contribution is -0.380. The molecule has 126 valence electrons. The van der Waals surface area contributed by atoms with E-state index in [4.69, 9.17) is 4.74 Å². The van der Waals surface area contributed by atoms with Gasteiger partial charge in [0.15, 0.2) is 0 Å². The summed E-state index contributed by atoms with van der Waals surface area (Å²) in [7, 11) is 1.58. The van der Waals surface area contributed by atoms with E-state index in [1.165, 1.54) is 12.3 Å². The van der Waals surface area contributed by atoms with Gasteiger partial charge in [0.2, 0.25) is 0 Å². The molecule has 9 heteroatoms. The molecule has 1 aromatic heterocycles. The molecule has 2 aromatic rings. The van der Waals surface area contributed by atoms with Crippen molar-refractivity contribution in [3.8, 4) is 5.75 Å². The fourth-order valence-electron chi connectivity index (χ4n) is 1.77. The zero-order chi connectivity index (χ0) is 17.5. The first-order valence-electron chi connectivity index (χ1n) is 6.97. The average Bonchev–Trinajstić information content (AvgIpc) is 3.04. The van der Waals surface area contributed by atoms with Gasteiger partial charge in [-0.1, -0.05) is 11.3 Å². The zero-order valence-corrected chi connectivity index (χ0v) is 13.9. The van der Waals surface area contributed by atoms with Gasteiger partial charge >= 0.3 is 5.00 Å². The number of hydrogen-bond acceptors (Lipinski definition) is 7. The summed E-state index contributed by atoms with van der Waals surface area (Å²) in [5.74, 6) is 0.403. The van der Waals surface area contributed by atoms with Crippen LogP contribution in [0, 0.1) is 10.1 Å². The molecule has 0 aliphatic rings. The Morgan fingerprint density at radius 2 is 2.04 bits per heavy atom. The van der Waals surface area contributed by atoms with Crippen LogP contribution in [0.2, 0.25) is 0 Å². The molecular formula is C15H16N4O4S. The Bertz CT molecular complexity index is 742. The number of hydrogen-bond donors (Lipinski definition) is 2. The van der Waals surface area contributed by atoms with E-state index in [1.54, 1.807) is 44.4 Å². The first-order chi connectivity index (χ1) is 11.5. The van der Waals surface area contributed by atoms with Crippen molar-refractivity contribution < 1.29 is 14.5 Å². The van der Waals surface area contributed by atoms with Crippen molar-refractivity contribution >= 4 is 34.1 Å². The van der Waals surface area contributed by atoms with Gasteiger partial charge in [0.25, 0.3) is 5.91 Å². The lowest BCUT2D eigenvalue weighted by Gasteiger charge is -2.13. The fourth-order valence-corrected chi connectivity index (χ4v) is 2.46. The second-order valence-electron chi connectivity index (χ2n) is 4.76. The van der Waals surface area contributed by atoms with Gasteiger partial charge in [-0.2, -0.15) is 5.10 Å². The molecule has 2 N–H and O–H groups in total. The summed E-state index contributed by atoms with van der Waals surface area (Å²) in [4.78, 5) is 22.7. The Morgan fingerprint density at radius 3 is 2.62 bits per heavy atom. The van der Waals surface area contributed by atoms with Gasteiger partial charge in [0.1, 0.15) is 11.8 Å². The second kappa shape index (κ2) is 8.06. The molecule has 0 unspecified atom stereocenters. The summed E-state index contributed by atoms with van der Waals surface area (Å²) in [5, 5.41) is 17.5. The standard InChI is InChI=1S/C15H16N4O4S/c1-10(17-11-3-5-12(23-2)6-4-11)15(20)18-16-9-13-7-8-14(24-13)19(21)22/h3-10,17H,1-2H3,(H,18,20)/b16-9-/t10-/m1/s1. The molecule has 2 rings (SSSR count). The van der Waals surface area contributed by atoms with E-state index in [0.717, 1.165) is 22.8 Å². The molecule has 0 saturated heterocycles. The minimum absolute atomic E-state index is 0.0253. The molecule has 1 atom stereocenters. The summed E-state index contributed by atoms with van der Waals surface area (Å²) in [6.45, 7) is 1.70. The molecule has 0 fully saturated rings. The van der Waals surface area contributed by atoms with Gasteiger partial charge in [0, 0.05) is 11.8 Å². The molecule has 1 amide bonds. The maximum atomic E-state index is 12.0. The van der Waals surface area contributed by atoms with Crippen molar-refractivity contribution in [2.24, 2.45) is 5.10 Å². The van der Waals surface area contributed by atoms with Gasteiger partial charge in [-0.3, -0.25) is 14.9 Å². The predicted molar refractivity (Wildman–Crippen MR) is 92.8 cm³/mol. The van der Waals surface area contributed by atoms with Crippen LogP contribution in [0.4, 0.5) is 10.7 Å². The van der Waals surface area contributed by atoms with E-state index in [9.17, 15) is 14.9 Å². The van der Waals surface area contributed by atoms with Crippen LogP contribution in [0.1, 0.15) is 11.8 Å². The summed E-state index contributed by atoms with van der Waals surface area (Å²) in [6, 6.07) is 9.63. The Hall–Kier alpha value is -2.94. The number of hydrazone groups is 1. The van der Waals surface area contributed by atoms with Gasteiger partial charge in [-0.15, -0.1) is 0 Å². The number of nitrogens with zero attached hydrogens (tertiary/aromatic N) is 2. The molecule has 0 spiro atoms. The number of carbonyl (C=O) groups excluding carboxylic acids is 1. The number of methoxy groups -OCH3 is 1. The smallest absolute Gasteiger partial charge is 0.324 e. The van der Waals surface area contributed by atoms with Crippen molar-refractivity contribution in [2.45, 2.75) is 13.0 Å². The van der Waals surface area contributed by atoms with Crippen LogP contribution in [-0.4, -0.2) is 30.2 Å². The third-order valence-corrected chi connectivity index (χ3v) is 4.00. The second-order valence-corrected chi connectivity index (χ2v) is 5.86. The number of anilines is 1. The van der Waals surface area contributed by atoms with E-state index < -0.39 is 11.0 Å². The number of nitrogens with one attached hydrogen (secondary N) is 2. The van der Waals surface area contributed by atoms with Crippen LogP contribution >= 0.6 is 11.3 Å². The summed E-state index contributed by atoms with van der Waals surface area (Å²) >= 11 is 0.980. The summed E-state index contributed by atoms with van der Waals surface area (Å²) < 4.78 is 5.07. The average molecular weight is 348 g/mol. The van der Waals surface area contributed by atoms with E-state index >= 15 is 0 Å². The third-order valence-electron chi connectivity index (χ3n) is 3.03. The topological polar surface area (TPSA) is 106 Å². The largest absolute Gasteiger partial charge is 0.497 e. The fraction of sp³-hybridized carbons (Fsp3) is 0.200. The van der Waals surface area contributed by atoms with E-state index in [1.807, 2.05) is 0 Å². The highest BCUT2D eigenvalue weighted by Gasteiger charge is 2.12. The van der Waals surface area contributed by atoms with E-state index in [2.05, 4.69) is 15.8 Å². The van der Waals surface area contributed by atoms with Crippen molar-refractivity contribution in [1.29, 1.82) is 0 Å². The van der Waals surface area contributed by atoms with Crippen LogP contribution in [0.15, 0.2) is 41.5 Å². The maximum Gasteiger partial charge on any atom is 0.324 e. The molecule has 8 nitrogen and oxygen atoms in total. The first-order valence-corrected chi connectivity index (χ1v) is 7.79. The first kappa shape index (κ1) is 17.4. The zero-order valence-electron chi connectivity index (χ0n) is 13.1. The molecule has 0 aliphatic carbocycles. The minimum atomic E-state index is -0.506. The van der Waals surface area contributed by atoms with Crippen LogP contribution in [0.25, 0.3) is 0 Å². The summed E-state index contributed by atoms with van der Waals surface area (Å²) in [5.41, 5.74) is 3.17. The van der Waals surface area contributed by atoms with Crippen LogP contribution < -0.4 is 15.5 Å². The highest BCUT2D eigenvalue weighted by molar-refractivity contribution is 7.16. The SMILES string of the molecule is COc1ccc(N[C@H](C)C(=O)N/N=C\c2ccc([N+](=O)[O-])s2)cc1.